The van der Waals surface area contributed by atoms with Crippen molar-refractivity contribution < 1.29 is 22.7 Å². The summed E-state index contributed by atoms with van der Waals surface area (Å²) in [6, 6.07) is 14.8. The number of piperidine rings is 1. The minimum Gasteiger partial charge on any atom is -0.484 e. The molecule has 0 saturated carbocycles. The molecule has 1 fully saturated rings. The Hall–Kier alpha value is -2.54. The second-order valence-electron chi connectivity index (χ2n) is 8.13. The molecule has 4 nitrogen and oxygen atoms in total. The molecule has 1 atom stereocenters. The van der Waals surface area contributed by atoms with Crippen LogP contribution >= 0.6 is 0 Å². The van der Waals surface area contributed by atoms with Crippen molar-refractivity contribution in [2.45, 2.75) is 25.4 Å². The van der Waals surface area contributed by atoms with E-state index >= 15 is 0 Å². The van der Waals surface area contributed by atoms with E-state index in [-0.39, 0.29) is 12.5 Å². The predicted molar refractivity (Wildman–Crippen MR) is 114 cm³/mol. The van der Waals surface area contributed by atoms with Gasteiger partial charge in [-0.2, -0.15) is 13.2 Å². The Morgan fingerprint density at radius 1 is 1.16 bits per heavy atom. The van der Waals surface area contributed by atoms with Gasteiger partial charge in [0.2, 0.25) is 0 Å². The Morgan fingerprint density at radius 2 is 1.94 bits per heavy atom. The van der Waals surface area contributed by atoms with E-state index in [9.17, 15) is 18.0 Å². The van der Waals surface area contributed by atoms with Gasteiger partial charge < -0.3 is 14.5 Å². The van der Waals surface area contributed by atoms with Crippen LogP contribution in [0.3, 0.4) is 0 Å². The molecular weight excluding hydrogens is 405 g/mol. The summed E-state index contributed by atoms with van der Waals surface area (Å²) in [4.78, 5) is 16.4. The number of ether oxygens (including phenoxy) is 1. The molecule has 0 spiro atoms. The Balaban J connectivity index is 1.44. The van der Waals surface area contributed by atoms with Gasteiger partial charge in [-0.25, -0.2) is 0 Å². The molecule has 0 aromatic heterocycles. The van der Waals surface area contributed by atoms with Crippen molar-refractivity contribution in [1.29, 1.82) is 0 Å². The molecule has 7 heteroatoms. The molecule has 168 valence electrons. The SMILES string of the molecule is CN(C[C@@H]1CCCN(CCc2cccc(C(F)(F)F)c2)C1)C(=O)COc1ccccc1. The van der Waals surface area contributed by atoms with E-state index in [2.05, 4.69) is 4.90 Å². The summed E-state index contributed by atoms with van der Waals surface area (Å²) < 4.78 is 44.2. The van der Waals surface area contributed by atoms with Crippen LogP contribution in [0.4, 0.5) is 13.2 Å². The number of hydrogen-bond donors (Lipinski definition) is 0. The van der Waals surface area contributed by atoms with Crippen LogP contribution in [0, 0.1) is 5.92 Å². The molecule has 3 rings (SSSR count). The van der Waals surface area contributed by atoms with E-state index < -0.39 is 11.7 Å². The molecule has 2 aromatic carbocycles. The first-order chi connectivity index (χ1) is 14.8. The van der Waals surface area contributed by atoms with Crippen LogP contribution in [-0.2, 0) is 17.4 Å². The standard InChI is InChI=1S/C24H29F3N2O2/c1-28(23(30)18-31-22-10-3-2-4-11-22)16-20-8-6-13-29(17-20)14-12-19-7-5-9-21(15-19)24(25,26)27/h2-5,7,9-11,15,20H,6,8,12-14,16-18H2,1H3/t20-/m0/s1. The van der Waals surface area contributed by atoms with E-state index in [1.54, 1.807) is 18.0 Å². The number of likely N-dealkylation sites (tertiary alicyclic amines) is 1. The molecule has 1 aliphatic rings. The fourth-order valence-electron chi connectivity index (χ4n) is 3.95. The lowest BCUT2D eigenvalue weighted by Crippen LogP contribution is -2.43. The molecule has 1 amide bonds. The smallest absolute Gasteiger partial charge is 0.416 e. The Morgan fingerprint density at radius 3 is 2.68 bits per heavy atom. The first-order valence-corrected chi connectivity index (χ1v) is 10.6. The van der Waals surface area contributed by atoms with Gasteiger partial charge >= 0.3 is 6.18 Å². The maximum atomic E-state index is 12.9. The number of alkyl halides is 3. The van der Waals surface area contributed by atoms with Crippen LogP contribution in [0.5, 0.6) is 5.75 Å². The summed E-state index contributed by atoms with van der Waals surface area (Å²) >= 11 is 0. The number of rotatable bonds is 8. The van der Waals surface area contributed by atoms with E-state index in [1.165, 1.54) is 12.1 Å². The lowest BCUT2D eigenvalue weighted by molar-refractivity contribution is -0.137. The lowest BCUT2D eigenvalue weighted by Gasteiger charge is -2.34. The fourth-order valence-corrected chi connectivity index (χ4v) is 3.95. The van der Waals surface area contributed by atoms with Crippen LogP contribution in [0.2, 0.25) is 0 Å². The van der Waals surface area contributed by atoms with Crippen molar-refractivity contribution in [3.05, 3.63) is 65.7 Å². The van der Waals surface area contributed by atoms with Crippen molar-refractivity contribution in [2.24, 2.45) is 5.92 Å². The van der Waals surface area contributed by atoms with Crippen molar-refractivity contribution in [1.82, 2.24) is 9.80 Å². The van der Waals surface area contributed by atoms with Gasteiger partial charge in [0.1, 0.15) is 5.75 Å². The molecule has 2 aromatic rings. The van der Waals surface area contributed by atoms with Crippen molar-refractivity contribution >= 4 is 5.91 Å². The van der Waals surface area contributed by atoms with Crippen LogP contribution in [0.1, 0.15) is 24.0 Å². The van der Waals surface area contributed by atoms with E-state index in [0.29, 0.717) is 36.7 Å². The summed E-state index contributed by atoms with van der Waals surface area (Å²) in [5.41, 5.74) is 0.0988. The zero-order valence-corrected chi connectivity index (χ0v) is 17.8. The van der Waals surface area contributed by atoms with E-state index in [1.807, 2.05) is 30.3 Å². The first-order valence-electron chi connectivity index (χ1n) is 10.6. The maximum Gasteiger partial charge on any atom is 0.416 e. The minimum atomic E-state index is -4.31. The molecule has 1 saturated heterocycles. The summed E-state index contributed by atoms with van der Waals surface area (Å²) in [5, 5.41) is 0. The molecule has 0 radical (unpaired) electrons. The Bertz CT molecular complexity index is 842. The lowest BCUT2D eigenvalue weighted by atomic mass is 9.97. The van der Waals surface area contributed by atoms with Gasteiger partial charge in [0.25, 0.3) is 5.91 Å². The van der Waals surface area contributed by atoms with Crippen LogP contribution in [0.15, 0.2) is 54.6 Å². The molecule has 31 heavy (non-hydrogen) atoms. The first kappa shape index (κ1) is 23.1. The normalized spacial score (nSPS) is 17.4. The summed E-state index contributed by atoms with van der Waals surface area (Å²) in [6.45, 7) is 3.15. The van der Waals surface area contributed by atoms with Crippen molar-refractivity contribution in [3.8, 4) is 5.75 Å². The predicted octanol–water partition coefficient (Wildman–Crippen LogP) is 4.50. The number of likely N-dealkylation sites (N-methyl/N-ethyl adjacent to an activating group) is 1. The molecule has 0 aliphatic carbocycles. The third-order valence-electron chi connectivity index (χ3n) is 5.64. The average molecular weight is 435 g/mol. The highest BCUT2D eigenvalue weighted by Gasteiger charge is 2.30. The topological polar surface area (TPSA) is 32.8 Å². The van der Waals surface area contributed by atoms with Crippen LogP contribution in [-0.4, -0.2) is 55.5 Å². The molecule has 1 aliphatic heterocycles. The van der Waals surface area contributed by atoms with Crippen LogP contribution in [0.25, 0.3) is 0 Å². The Kier molecular flexibility index (Phi) is 7.96. The molecule has 0 unspecified atom stereocenters. The van der Waals surface area contributed by atoms with Gasteiger partial charge in [-0.05, 0) is 55.5 Å². The zero-order valence-electron chi connectivity index (χ0n) is 17.8. The van der Waals surface area contributed by atoms with Crippen molar-refractivity contribution in [3.63, 3.8) is 0 Å². The third-order valence-corrected chi connectivity index (χ3v) is 5.64. The van der Waals surface area contributed by atoms with Gasteiger partial charge in [0, 0.05) is 26.7 Å². The highest BCUT2D eigenvalue weighted by molar-refractivity contribution is 5.77. The fraction of sp³-hybridized carbons (Fsp3) is 0.458. The Labute approximate surface area is 181 Å². The largest absolute Gasteiger partial charge is 0.484 e. The van der Waals surface area contributed by atoms with Crippen molar-refractivity contribution in [2.75, 3.05) is 39.8 Å². The summed E-state index contributed by atoms with van der Waals surface area (Å²) in [7, 11) is 1.79. The molecule has 1 heterocycles. The number of para-hydroxylation sites is 1. The number of carbonyl (C=O) groups excluding carboxylic acids is 1. The van der Waals surface area contributed by atoms with Gasteiger partial charge in [-0.3, -0.25) is 4.79 Å². The second kappa shape index (κ2) is 10.7. The number of halogens is 3. The monoisotopic (exact) mass is 434 g/mol. The van der Waals surface area contributed by atoms with Gasteiger partial charge in [0.15, 0.2) is 6.61 Å². The highest BCUT2D eigenvalue weighted by atomic mass is 19.4. The number of benzene rings is 2. The second-order valence-corrected chi connectivity index (χ2v) is 8.13. The number of hydrogen-bond acceptors (Lipinski definition) is 3. The number of amides is 1. The van der Waals surface area contributed by atoms with Crippen LogP contribution < -0.4 is 4.74 Å². The van der Waals surface area contributed by atoms with Gasteiger partial charge in [-0.1, -0.05) is 36.4 Å². The van der Waals surface area contributed by atoms with E-state index in [4.69, 9.17) is 4.74 Å². The third kappa shape index (κ3) is 7.28. The number of carbonyl (C=O) groups is 1. The average Bonchev–Trinajstić information content (AvgIpc) is 2.76. The molecule has 0 N–H and O–H groups in total. The summed E-state index contributed by atoms with van der Waals surface area (Å²) in [5.74, 6) is 0.952. The van der Waals surface area contributed by atoms with Gasteiger partial charge in [0.05, 0.1) is 5.56 Å². The minimum absolute atomic E-state index is 0.00644. The van der Waals surface area contributed by atoms with E-state index in [0.717, 1.165) is 32.0 Å². The zero-order chi connectivity index (χ0) is 22.3. The highest BCUT2D eigenvalue weighted by Crippen LogP contribution is 2.29. The molecule has 0 bridgehead atoms. The van der Waals surface area contributed by atoms with Gasteiger partial charge in [-0.15, -0.1) is 0 Å². The summed E-state index contributed by atoms with van der Waals surface area (Å²) in [6.07, 6.45) is -1.67. The number of nitrogens with zero attached hydrogens (tertiary/aromatic N) is 2. The maximum absolute atomic E-state index is 12.9. The quantitative estimate of drug-likeness (QED) is 0.614. The molecular formula is C24H29F3N2O2.